The number of para-hydroxylation sites is 1. The van der Waals surface area contributed by atoms with Crippen LogP contribution in [0.3, 0.4) is 0 Å². The van der Waals surface area contributed by atoms with Crippen molar-refractivity contribution in [3.05, 3.63) is 48.2 Å². The summed E-state index contributed by atoms with van der Waals surface area (Å²) in [5.41, 5.74) is 2.22. The predicted molar refractivity (Wildman–Crippen MR) is 91.0 cm³/mol. The van der Waals surface area contributed by atoms with Crippen LogP contribution in [0.4, 0.5) is 0 Å². The van der Waals surface area contributed by atoms with Gasteiger partial charge in [-0.15, -0.1) is 0 Å². The van der Waals surface area contributed by atoms with Gasteiger partial charge in [0, 0.05) is 24.8 Å². The second kappa shape index (κ2) is 6.95. The van der Waals surface area contributed by atoms with Gasteiger partial charge in [0.1, 0.15) is 12.2 Å². The average molecular weight is 311 g/mol. The van der Waals surface area contributed by atoms with Crippen molar-refractivity contribution in [2.45, 2.75) is 20.0 Å². The van der Waals surface area contributed by atoms with E-state index < -0.39 is 0 Å². The Morgan fingerprint density at radius 2 is 2.17 bits per heavy atom. The van der Waals surface area contributed by atoms with E-state index in [4.69, 9.17) is 0 Å². The molecule has 0 unspecified atom stereocenters. The lowest BCUT2D eigenvalue weighted by atomic mass is 10.2. The van der Waals surface area contributed by atoms with Gasteiger partial charge in [-0.25, -0.2) is 9.98 Å². The van der Waals surface area contributed by atoms with E-state index in [1.165, 1.54) is 5.39 Å². The summed E-state index contributed by atoms with van der Waals surface area (Å²) >= 11 is 0. The summed E-state index contributed by atoms with van der Waals surface area (Å²) in [5.74, 6) is 1.62. The second-order valence-electron chi connectivity index (χ2n) is 5.23. The molecule has 0 aliphatic carbocycles. The lowest BCUT2D eigenvalue weighted by Gasteiger charge is -2.10. The number of hydrogen-bond acceptors (Lipinski definition) is 3. The van der Waals surface area contributed by atoms with Crippen LogP contribution >= 0.6 is 0 Å². The first-order valence-electron chi connectivity index (χ1n) is 7.68. The van der Waals surface area contributed by atoms with E-state index in [1.807, 2.05) is 26.1 Å². The Morgan fingerprint density at radius 3 is 2.91 bits per heavy atom. The molecular formula is C16H21N7. The highest BCUT2D eigenvalue weighted by Gasteiger charge is 2.04. The number of aromatic nitrogens is 4. The second-order valence-corrected chi connectivity index (χ2v) is 5.23. The Labute approximate surface area is 134 Å². The Bertz CT molecular complexity index is 766. The topological polar surface area (TPSA) is 82.9 Å². The Kier molecular flexibility index (Phi) is 4.56. The summed E-state index contributed by atoms with van der Waals surface area (Å²) in [6.07, 6.45) is 1.55. The number of aromatic amines is 1. The van der Waals surface area contributed by atoms with Crippen LogP contribution in [-0.4, -0.2) is 32.3 Å². The van der Waals surface area contributed by atoms with Gasteiger partial charge in [-0.3, -0.25) is 4.68 Å². The van der Waals surface area contributed by atoms with Crippen LogP contribution in [-0.2, 0) is 20.1 Å². The molecule has 2 heterocycles. The van der Waals surface area contributed by atoms with Gasteiger partial charge in [0.15, 0.2) is 5.96 Å². The summed E-state index contributed by atoms with van der Waals surface area (Å²) in [7, 11) is 1.87. The van der Waals surface area contributed by atoms with Crippen molar-refractivity contribution in [2.75, 3.05) is 6.54 Å². The minimum absolute atomic E-state index is 0.578. The molecule has 2 aromatic heterocycles. The van der Waals surface area contributed by atoms with Crippen molar-refractivity contribution in [2.24, 2.45) is 12.0 Å². The van der Waals surface area contributed by atoms with E-state index >= 15 is 0 Å². The number of aliphatic imine (C=N–C) groups is 1. The van der Waals surface area contributed by atoms with Crippen LogP contribution in [0.5, 0.6) is 0 Å². The minimum Gasteiger partial charge on any atom is -0.357 e. The van der Waals surface area contributed by atoms with Gasteiger partial charge in [0.2, 0.25) is 0 Å². The molecule has 0 aliphatic rings. The molecule has 0 saturated heterocycles. The summed E-state index contributed by atoms with van der Waals surface area (Å²) in [4.78, 5) is 12.2. The predicted octanol–water partition coefficient (Wildman–Crippen LogP) is 1.55. The maximum Gasteiger partial charge on any atom is 0.192 e. The average Bonchev–Trinajstić information content (AvgIpc) is 3.15. The zero-order chi connectivity index (χ0) is 16.1. The third-order valence-electron chi connectivity index (χ3n) is 3.56. The van der Waals surface area contributed by atoms with E-state index in [2.05, 4.69) is 48.9 Å². The molecule has 23 heavy (non-hydrogen) atoms. The summed E-state index contributed by atoms with van der Waals surface area (Å²) in [6.45, 7) is 4.01. The van der Waals surface area contributed by atoms with Gasteiger partial charge < -0.3 is 15.6 Å². The van der Waals surface area contributed by atoms with Crippen molar-refractivity contribution >= 4 is 16.9 Å². The fourth-order valence-corrected chi connectivity index (χ4v) is 2.37. The molecule has 7 nitrogen and oxygen atoms in total. The van der Waals surface area contributed by atoms with Crippen LogP contribution in [0, 0.1) is 0 Å². The molecular weight excluding hydrogens is 290 g/mol. The molecule has 0 saturated carbocycles. The van der Waals surface area contributed by atoms with E-state index in [0.29, 0.717) is 13.1 Å². The van der Waals surface area contributed by atoms with Gasteiger partial charge in [-0.05, 0) is 24.4 Å². The molecule has 120 valence electrons. The smallest absolute Gasteiger partial charge is 0.192 e. The highest BCUT2D eigenvalue weighted by Crippen LogP contribution is 2.14. The summed E-state index contributed by atoms with van der Waals surface area (Å²) < 4.78 is 1.74. The molecule has 0 radical (unpaired) electrons. The molecule has 7 heteroatoms. The standard InChI is InChI=1S/C16H21N7/c1-3-17-16(19-10-15-20-11-21-23(15)2)18-9-13-8-12-6-4-5-7-14(12)22-13/h4-8,11,22H,3,9-10H2,1-2H3,(H2,17,18,19). The Morgan fingerprint density at radius 1 is 1.30 bits per heavy atom. The molecule has 0 spiro atoms. The fourth-order valence-electron chi connectivity index (χ4n) is 2.37. The first kappa shape index (κ1) is 15.1. The normalized spacial score (nSPS) is 11.8. The first-order chi connectivity index (χ1) is 11.3. The number of nitrogens with zero attached hydrogens (tertiary/aromatic N) is 4. The Hall–Kier alpha value is -2.83. The number of rotatable bonds is 5. The molecule has 0 atom stereocenters. The van der Waals surface area contributed by atoms with Crippen LogP contribution in [0.15, 0.2) is 41.7 Å². The van der Waals surface area contributed by atoms with Crippen LogP contribution < -0.4 is 10.6 Å². The summed E-state index contributed by atoms with van der Waals surface area (Å²) in [6, 6.07) is 10.4. The van der Waals surface area contributed by atoms with Crippen LogP contribution in [0.2, 0.25) is 0 Å². The largest absolute Gasteiger partial charge is 0.357 e. The number of fused-ring (bicyclic) bond motifs is 1. The van der Waals surface area contributed by atoms with E-state index in [-0.39, 0.29) is 0 Å². The molecule has 0 fully saturated rings. The maximum absolute atomic E-state index is 4.61. The number of benzene rings is 1. The SMILES string of the molecule is CCNC(=NCc1cc2ccccc2[nH]1)NCc1ncnn1C. The molecule has 3 N–H and O–H groups in total. The third kappa shape index (κ3) is 3.68. The molecule has 1 aromatic carbocycles. The number of aryl methyl sites for hydroxylation is 1. The van der Waals surface area contributed by atoms with Crippen molar-refractivity contribution < 1.29 is 0 Å². The van der Waals surface area contributed by atoms with Crippen molar-refractivity contribution in [1.82, 2.24) is 30.4 Å². The monoisotopic (exact) mass is 311 g/mol. The zero-order valence-electron chi connectivity index (χ0n) is 13.4. The molecule has 3 aromatic rings. The van der Waals surface area contributed by atoms with Crippen molar-refractivity contribution in [1.29, 1.82) is 0 Å². The zero-order valence-corrected chi connectivity index (χ0v) is 13.4. The highest BCUT2D eigenvalue weighted by molar-refractivity contribution is 5.81. The molecule has 0 amide bonds. The first-order valence-corrected chi connectivity index (χ1v) is 7.68. The number of nitrogens with one attached hydrogen (secondary N) is 3. The van der Waals surface area contributed by atoms with E-state index in [9.17, 15) is 0 Å². The maximum atomic E-state index is 4.61. The van der Waals surface area contributed by atoms with Gasteiger partial charge in [-0.2, -0.15) is 5.10 Å². The van der Waals surface area contributed by atoms with Crippen molar-refractivity contribution in [3.63, 3.8) is 0 Å². The quantitative estimate of drug-likeness (QED) is 0.493. The fraction of sp³-hybridized carbons (Fsp3) is 0.312. The lowest BCUT2D eigenvalue weighted by Crippen LogP contribution is -2.37. The van der Waals surface area contributed by atoms with E-state index in [0.717, 1.165) is 29.5 Å². The lowest BCUT2D eigenvalue weighted by molar-refractivity contribution is 0.673. The molecule has 0 bridgehead atoms. The van der Waals surface area contributed by atoms with Crippen LogP contribution in [0.25, 0.3) is 10.9 Å². The van der Waals surface area contributed by atoms with Gasteiger partial charge >= 0.3 is 0 Å². The van der Waals surface area contributed by atoms with Gasteiger partial charge in [-0.1, -0.05) is 18.2 Å². The van der Waals surface area contributed by atoms with Gasteiger partial charge in [0.05, 0.1) is 13.1 Å². The third-order valence-corrected chi connectivity index (χ3v) is 3.56. The minimum atomic E-state index is 0.578. The number of H-pyrrole nitrogens is 1. The van der Waals surface area contributed by atoms with Crippen LogP contribution in [0.1, 0.15) is 18.4 Å². The molecule has 0 aliphatic heterocycles. The molecule has 3 rings (SSSR count). The van der Waals surface area contributed by atoms with Crippen molar-refractivity contribution in [3.8, 4) is 0 Å². The highest BCUT2D eigenvalue weighted by atomic mass is 15.3. The van der Waals surface area contributed by atoms with E-state index in [1.54, 1.807) is 11.0 Å². The Balaban J connectivity index is 1.67. The number of guanidine groups is 1. The summed E-state index contributed by atoms with van der Waals surface area (Å²) in [5, 5.41) is 11.8. The number of hydrogen-bond donors (Lipinski definition) is 3. The van der Waals surface area contributed by atoms with Gasteiger partial charge in [0.25, 0.3) is 0 Å².